The third kappa shape index (κ3) is 6.48. The van der Waals surface area contributed by atoms with Crippen LogP contribution in [0.2, 0.25) is 0 Å². The first-order chi connectivity index (χ1) is 16.3. The quantitative estimate of drug-likeness (QED) is 0.462. The van der Waals surface area contributed by atoms with Gasteiger partial charge in [-0.2, -0.15) is 0 Å². The van der Waals surface area contributed by atoms with E-state index in [4.69, 9.17) is 5.11 Å². The number of benzene rings is 3. The summed E-state index contributed by atoms with van der Waals surface area (Å²) in [7, 11) is -3.46. The van der Waals surface area contributed by atoms with Gasteiger partial charge in [0.2, 0.25) is 0 Å². The molecule has 0 saturated carbocycles. The predicted octanol–water partition coefficient (Wildman–Crippen LogP) is 5.63. The van der Waals surface area contributed by atoms with E-state index in [-0.39, 0.29) is 22.4 Å². The zero-order valence-electron chi connectivity index (χ0n) is 20.5. The molecule has 35 heavy (non-hydrogen) atoms. The Morgan fingerprint density at radius 2 is 1.54 bits per heavy atom. The number of aryl methyl sites for hydroxylation is 1. The van der Waals surface area contributed by atoms with Crippen molar-refractivity contribution >= 4 is 33.2 Å². The van der Waals surface area contributed by atoms with Crippen molar-refractivity contribution in [1.82, 2.24) is 0 Å². The fourth-order valence-corrected chi connectivity index (χ4v) is 4.62. The zero-order valence-corrected chi connectivity index (χ0v) is 21.3. The number of urea groups is 1. The lowest BCUT2D eigenvalue weighted by atomic mass is 9.87. The van der Waals surface area contributed by atoms with E-state index in [1.165, 1.54) is 23.1 Å². The minimum atomic E-state index is -3.46. The summed E-state index contributed by atoms with van der Waals surface area (Å²) >= 11 is 0. The molecule has 0 saturated heterocycles. The lowest BCUT2D eigenvalue weighted by Crippen LogP contribution is -2.34. The molecule has 0 unspecified atom stereocenters. The highest BCUT2D eigenvalue weighted by Gasteiger charge is 2.20. The Morgan fingerprint density at radius 1 is 0.943 bits per heavy atom. The van der Waals surface area contributed by atoms with Gasteiger partial charge in [0.15, 0.2) is 9.84 Å². The number of hydrogen-bond donors (Lipinski definition) is 2. The van der Waals surface area contributed by atoms with Crippen molar-refractivity contribution in [1.29, 1.82) is 0 Å². The van der Waals surface area contributed by atoms with Gasteiger partial charge in [0.1, 0.15) is 0 Å². The largest absolute Gasteiger partial charge is 0.478 e. The van der Waals surface area contributed by atoms with Gasteiger partial charge in [-0.1, -0.05) is 51.1 Å². The van der Waals surface area contributed by atoms with Crippen LogP contribution in [0.25, 0.3) is 0 Å². The third-order valence-corrected chi connectivity index (χ3v) is 6.91. The molecular formula is C27H30N2O5S. The Morgan fingerprint density at radius 3 is 2.06 bits per heavy atom. The number of nitrogens with zero attached hydrogens (tertiary/aromatic N) is 1. The normalized spacial score (nSPS) is 11.7. The second-order valence-electron chi connectivity index (χ2n) is 9.57. The number of carbonyl (C=O) groups excluding carboxylic acids is 1. The zero-order chi connectivity index (χ0) is 26.0. The van der Waals surface area contributed by atoms with E-state index in [0.717, 1.165) is 17.4 Å². The topological polar surface area (TPSA) is 104 Å². The number of nitrogens with one attached hydrogen (secondary N) is 1. The molecule has 7 nitrogen and oxygen atoms in total. The molecule has 3 aromatic carbocycles. The Hall–Kier alpha value is -3.65. The van der Waals surface area contributed by atoms with Crippen LogP contribution in [0, 0.1) is 6.92 Å². The van der Waals surface area contributed by atoms with E-state index < -0.39 is 21.8 Å². The SMILES string of the molecule is Cc1ccc(NC(=O)N(Cc2ccc(C(=O)O)cc2)c2ccc(C(C)(C)C)cc2)cc1S(C)(=O)=O. The summed E-state index contributed by atoms with van der Waals surface area (Å²) in [6, 6.07) is 18.3. The maximum atomic E-state index is 13.4. The highest BCUT2D eigenvalue weighted by molar-refractivity contribution is 7.90. The van der Waals surface area contributed by atoms with Gasteiger partial charge in [0.25, 0.3) is 0 Å². The van der Waals surface area contributed by atoms with Crippen LogP contribution in [-0.4, -0.2) is 31.8 Å². The number of carboxylic acids is 1. The Bertz CT molecular complexity index is 1340. The van der Waals surface area contributed by atoms with Gasteiger partial charge in [-0.3, -0.25) is 4.90 Å². The highest BCUT2D eigenvalue weighted by Crippen LogP contribution is 2.27. The highest BCUT2D eigenvalue weighted by atomic mass is 32.2. The molecule has 0 heterocycles. The molecule has 0 atom stereocenters. The van der Waals surface area contributed by atoms with E-state index >= 15 is 0 Å². The van der Waals surface area contributed by atoms with Crippen LogP contribution in [0.3, 0.4) is 0 Å². The summed E-state index contributed by atoms with van der Waals surface area (Å²) in [6.07, 6.45) is 1.13. The van der Waals surface area contributed by atoms with Crippen LogP contribution in [0.4, 0.5) is 16.2 Å². The number of aromatic carboxylic acids is 1. The molecule has 2 amide bonds. The summed E-state index contributed by atoms with van der Waals surface area (Å²) in [5, 5.41) is 12.0. The molecule has 3 aromatic rings. The van der Waals surface area contributed by atoms with Gasteiger partial charge >= 0.3 is 12.0 Å². The van der Waals surface area contributed by atoms with Crippen LogP contribution >= 0.6 is 0 Å². The van der Waals surface area contributed by atoms with Crippen LogP contribution in [-0.2, 0) is 21.8 Å². The summed E-state index contributed by atoms with van der Waals surface area (Å²) in [5.74, 6) is -1.02. The second-order valence-corrected chi connectivity index (χ2v) is 11.6. The lowest BCUT2D eigenvalue weighted by molar-refractivity contribution is 0.0697. The first-order valence-corrected chi connectivity index (χ1v) is 13.0. The van der Waals surface area contributed by atoms with Crippen LogP contribution in [0.15, 0.2) is 71.6 Å². The standard InChI is InChI=1S/C27H30N2O5S/c1-18-6-13-22(16-24(18)35(5,33)34)28-26(32)29(17-19-7-9-20(10-8-19)25(30)31)23-14-11-21(12-15-23)27(2,3)4/h6-16H,17H2,1-5H3,(H,28,32)(H,30,31). The average molecular weight is 495 g/mol. The van der Waals surface area contributed by atoms with Gasteiger partial charge in [0.05, 0.1) is 17.0 Å². The fraction of sp³-hybridized carbons (Fsp3) is 0.259. The second kappa shape index (κ2) is 9.92. The van der Waals surface area contributed by atoms with Crippen molar-refractivity contribution in [3.63, 3.8) is 0 Å². The molecule has 0 spiro atoms. The molecule has 0 aliphatic heterocycles. The maximum Gasteiger partial charge on any atom is 0.335 e. The number of carboxylic acid groups (broad SMARTS) is 1. The van der Waals surface area contributed by atoms with E-state index in [0.29, 0.717) is 16.9 Å². The molecule has 0 bridgehead atoms. The summed E-state index contributed by atoms with van der Waals surface area (Å²) in [6.45, 7) is 8.20. The van der Waals surface area contributed by atoms with Gasteiger partial charge in [0, 0.05) is 17.6 Å². The van der Waals surface area contributed by atoms with Crippen LogP contribution in [0.1, 0.15) is 47.8 Å². The first kappa shape index (κ1) is 26.0. The molecule has 0 aliphatic rings. The molecule has 0 aliphatic carbocycles. The van der Waals surface area contributed by atoms with E-state index in [9.17, 15) is 18.0 Å². The minimum Gasteiger partial charge on any atom is -0.478 e. The van der Waals surface area contributed by atoms with Gasteiger partial charge < -0.3 is 10.4 Å². The van der Waals surface area contributed by atoms with Crippen molar-refractivity contribution in [2.45, 2.75) is 44.6 Å². The van der Waals surface area contributed by atoms with Gasteiger partial charge in [-0.05, 0) is 65.4 Å². The van der Waals surface area contributed by atoms with Crippen LogP contribution < -0.4 is 10.2 Å². The molecule has 0 aromatic heterocycles. The molecule has 0 radical (unpaired) electrons. The summed E-state index contributed by atoms with van der Waals surface area (Å²) in [4.78, 5) is 26.3. The van der Waals surface area contributed by atoms with Crippen molar-refractivity contribution < 1.29 is 23.1 Å². The van der Waals surface area contributed by atoms with Crippen molar-refractivity contribution in [3.05, 3.63) is 89.0 Å². The molecule has 2 N–H and O–H groups in total. The minimum absolute atomic E-state index is 0.0533. The number of hydrogen-bond acceptors (Lipinski definition) is 4. The molecule has 8 heteroatoms. The number of anilines is 2. The molecular weight excluding hydrogens is 464 g/mol. The Labute approximate surface area is 206 Å². The number of rotatable bonds is 6. The lowest BCUT2D eigenvalue weighted by Gasteiger charge is -2.25. The van der Waals surface area contributed by atoms with Gasteiger partial charge in [-0.15, -0.1) is 0 Å². The first-order valence-electron chi connectivity index (χ1n) is 11.1. The molecule has 0 fully saturated rings. The number of carbonyl (C=O) groups is 2. The Kier molecular flexibility index (Phi) is 7.36. The number of amides is 2. The van der Waals surface area contributed by atoms with Crippen molar-refractivity contribution in [2.24, 2.45) is 0 Å². The van der Waals surface area contributed by atoms with E-state index in [1.807, 2.05) is 24.3 Å². The van der Waals surface area contributed by atoms with Gasteiger partial charge in [-0.25, -0.2) is 18.0 Å². The average Bonchev–Trinajstić information content (AvgIpc) is 2.77. The maximum absolute atomic E-state index is 13.4. The molecule has 3 rings (SSSR count). The smallest absolute Gasteiger partial charge is 0.335 e. The van der Waals surface area contributed by atoms with Crippen molar-refractivity contribution in [2.75, 3.05) is 16.5 Å². The Balaban J connectivity index is 1.95. The summed E-state index contributed by atoms with van der Waals surface area (Å²) in [5.41, 5.74) is 3.56. The van der Waals surface area contributed by atoms with Crippen molar-refractivity contribution in [3.8, 4) is 0 Å². The van der Waals surface area contributed by atoms with Crippen LogP contribution in [0.5, 0.6) is 0 Å². The van der Waals surface area contributed by atoms with E-state index in [2.05, 4.69) is 26.1 Å². The fourth-order valence-electron chi connectivity index (χ4n) is 3.63. The third-order valence-electron chi connectivity index (χ3n) is 5.67. The summed E-state index contributed by atoms with van der Waals surface area (Å²) < 4.78 is 24.2. The monoisotopic (exact) mass is 494 g/mol. The molecule has 184 valence electrons. The van der Waals surface area contributed by atoms with E-state index in [1.54, 1.807) is 31.2 Å². The number of sulfone groups is 1. The predicted molar refractivity (Wildman–Crippen MR) is 138 cm³/mol.